The molecule has 2 unspecified atom stereocenters. The van der Waals surface area contributed by atoms with Crippen molar-refractivity contribution in [1.82, 2.24) is 0 Å². The summed E-state index contributed by atoms with van der Waals surface area (Å²) in [6, 6.07) is 0. The van der Waals surface area contributed by atoms with E-state index in [-0.39, 0.29) is 36.7 Å². The van der Waals surface area contributed by atoms with Crippen LogP contribution in [0, 0.1) is 11.3 Å². The molecular weight excluding hydrogens is 256 g/mol. The number of ether oxygens (including phenoxy) is 1. The van der Waals surface area contributed by atoms with Gasteiger partial charge in [-0.1, -0.05) is 0 Å². The van der Waals surface area contributed by atoms with E-state index in [1.54, 1.807) is 0 Å². The number of hydrogen-bond acceptors (Lipinski definition) is 5. The van der Waals surface area contributed by atoms with E-state index in [0.29, 0.717) is 12.8 Å². The van der Waals surface area contributed by atoms with Gasteiger partial charge in [0.2, 0.25) is 0 Å². The maximum atomic E-state index is 11.6. The van der Waals surface area contributed by atoms with E-state index >= 15 is 0 Å². The summed E-state index contributed by atoms with van der Waals surface area (Å²) >= 11 is 0. The zero-order valence-corrected chi connectivity index (χ0v) is 11.4. The average molecular weight is 278 g/mol. The van der Waals surface area contributed by atoms with E-state index < -0.39 is 15.3 Å². The molecule has 0 saturated carbocycles. The van der Waals surface area contributed by atoms with Crippen LogP contribution in [0.5, 0.6) is 0 Å². The minimum atomic E-state index is -3.00. The number of aliphatic hydroxyl groups is 2. The van der Waals surface area contributed by atoms with Crippen molar-refractivity contribution in [2.45, 2.75) is 31.8 Å². The first kappa shape index (κ1) is 14.2. The molecule has 2 atom stereocenters. The van der Waals surface area contributed by atoms with Crippen LogP contribution in [0.3, 0.4) is 0 Å². The van der Waals surface area contributed by atoms with Crippen molar-refractivity contribution in [3.05, 3.63) is 0 Å². The van der Waals surface area contributed by atoms with Gasteiger partial charge in [0.25, 0.3) is 0 Å². The van der Waals surface area contributed by atoms with Crippen molar-refractivity contribution in [1.29, 1.82) is 0 Å². The Morgan fingerprint density at radius 3 is 2.39 bits per heavy atom. The first-order valence-corrected chi connectivity index (χ1v) is 8.37. The highest BCUT2D eigenvalue weighted by Crippen LogP contribution is 2.41. The first-order chi connectivity index (χ1) is 8.51. The van der Waals surface area contributed by atoms with Gasteiger partial charge in [0.05, 0.1) is 30.8 Å². The van der Waals surface area contributed by atoms with Gasteiger partial charge in [-0.15, -0.1) is 0 Å². The van der Waals surface area contributed by atoms with Gasteiger partial charge in [0.1, 0.15) is 0 Å². The minimum absolute atomic E-state index is 0.0487. The van der Waals surface area contributed by atoms with Crippen LogP contribution in [0.2, 0.25) is 0 Å². The van der Waals surface area contributed by atoms with Crippen LogP contribution in [0.15, 0.2) is 0 Å². The second kappa shape index (κ2) is 5.45. The number of rotatable bonds is 5. The van der Waals surface area contributed by atoms with Gasteiger partial charge >= 0.3 is 0 Å². The Labute approximate surface area is 108 Å². The van der Waals surface area contributed by atoms with Crippen LogP contribution in [0.1, 0.15) is 25.7 Å². The zero-order chi connectivity index (χ0) is 13.2. The molecule has 2 fully saturated rings. The molecular formula is C12H22O5S. The first-order valence-electron chi connectivity index (χ1n) is 6.55. The third kappa shape index (κ3) is 2.87. The summed E-state index contributed by atoms with van der Waals surface area (Å²) in [6.45, 7) is 0.369. The van der Waals surface area contributed by atoms with E-state index in [9.17, 15) is 18.6 Å². The Morgan fingerprint density at radius 1 is 1.22 bits per heavy atom. The van der Waals surface area contributed by atoms with Crippen molar-refractivity contribution in [2.24, 2.45) is 11.3 Å². The van der Waals surface area contributed by atoms with Gasteiger partial charge in [0.15, 0.2) is 9.84 Å². The second-order valence-corrected chi connectivity index (χ2v) is 7.85. The zero-order valence-electron chi connectivity index (χ0n) is 10.5. The maximum Gasteiger partial charge on any atom is 0.150 e. The molecule has 0 aromatic heterocycles. The summed E-state index contributed by atoms with van der Waals surface area (Å²) in [5.41, 5.74) is -0.710. The molecule has 2 saturated heterocycles. The Hall–Kier alpha value is -0.170. The molecule has 2 rings (SSSR count). The van der Waals surface area contributed by atoms with Crippen molar-refractivity contribution >= 4 is 9.84 Å². The fraction of sp³-hybridized carbons (Fsp3) is 1.00. The van der Waals surface area contributed by atoms with Crippen LogP contribution < -0.4 is 0 Å². The third-order valence-corrected chi connectivity index (χ3v) is 6.15. The summed E-state index contributed by atoms with van der Waals surface area (Å²) in [4.78, 5) is 0. The predicted octanol–water partition coefficient (Wildman–Crippen LogP) is -0.0388. The lowest BCUT2D eigenvalue weighted by Gasteiger charge is -2.37. The van der Waals surface area contributed by atoms with Crippen molar-refractivity contribution < 1.29 is 23.4 Å². The van der Waals surface area contributed by atoms with Crippen LogP contribution in [0.25, 0.3) is 0 Å². The molecule has 0 aromatic carbocycles. The predicted molar refractivity (Wildman–Crippen MR) is 67.0 cm³/mol. The Bertz CT molecular complexity index is 368. The largest absolute Gasteiger partial charge is 0.396 e. The van der Waals surface area contributed by atoms with E-state index in [1.165, 1.54) is 0 Å². The monoisotopic (exact) mass is 278 g/mol. The third-order valence-electron chi connectivity index (χ3n) is 4.39. The molecule has 106 valence electrons. The number of hydrogen-bond donors (Lipinski definition) is 2. The van der Waals surface area contributed by atoms with Crippen LogP contribution >= 0.6 is 0 Å². The Morgan fingerprint density at radius 2 is 1.94 bits per heavy atom. The maximum absolute atomic E-state index is 11.6. The molecule has 0 aliphatic carbocycles. The minimum Gasteiger partial charge on any atom is -0.396 e. The fourth-order valence-corrected chi connectivity index (χ4v) is 5.08. The summed E-state index contributed by atoms with van der Waals surface area (Å²) in [6.07, 6.45) is 3.07. The topological polar surface area (TPSA) is 83.8 Å². The molecule has 5 nitrogen and oxygen atoms in total. The normalized spacial score (nSPS) is 31.9. The standard InChI is InChI=1S/C12H22O5S/c13-8-12(9-14,6-11-2-1-4-17-11)10-3-5-18(15,16)7-10/h10-11,13-14H,1-9H2. The lowest BCUT2D eigenvalue weighted by molar-refractivity contribution is -0.0342. The highest BCUT2D eigenvalue weighted by atomic mass is 32.2. The van der Waals surface area contributed by atoms with Crippen LogP contribution in [-0.4, -0.2) is 56.1 Å². The number of aliphatic hydroxyl groups excluding tert-OH is 2. The van der Waals surface area contributed by atoms with Gasteiger partial charge in [-0.2, -0.15) is 0 Å². The van der Waals surface area contributed by atoms with E-state index in [2.05, 4.69) is 0 Å². The van der Waals surface area contributed by atoms with Crippen molar-refractivity contribution in [2.75, 3.05) is 31.3 Å². The molecule has 2 aliphatic rings. The molecule has 0 aromatic rings. The molecule has 2 aliphatic heterocycles. The molecule has 18 heavy (non-hydrogen) atoms. The van der Waals surface area contributed by atoms with Crippen LogP contribution in [-0.2, 0) is 14.6 Å². The number of sulfone groups is 1. The molecule has 0 bridgehead atoms. The van der Waals surface area contributed by atoms with Gasteiger partial charge < -0.3 is 14.9 Å². The second-order valence-electron chi connectivity index (χ2n) is 5.62. The van der Waals surface area contributed by atoms with E-state index in [4.69, 9.17) is 4.74 Å². The summed E-state index contributed by atoms with van der Waals surface area (Å²) in [7, 11) is -3.00. The molecule has 0 radical (unpaired) electrons. The molecule has 0 amide bonds. The summed E-state index contributed by atoms with van der Waals surface area (Å²) < 4.78 is 28.7. The highest BCUT2D eigenvalue weighted by Gasteiger charge is 2.45. The van der Waals surface area contributed by atoms with Gasteiger partial charge in [0, 0.05) is 12.0 Å². The Balaban J connectivity index is 2.10. The smallest absolute Gasteiger partial charge is 0.150 e. The van der Waals surface area contributed by atoms with Gasteiger partial charge in [-0.3, -0.25) is 0 Å². The van der Waals surface area contributed by atoms with E-state index in [0.717, 1.165) is 19.4 Å². The molecule has 6 heteroatoms. The lowest BCUT2D eigenvalue weighted by Crippen LogP contribution is -2.41. The van der Waals surface area contributed by atoms with Crippen molar-refractivity contribution in [3.8, 4) is 0 Å². The van der Waals surface area contributed by atoms with E-state index in [1.807, 2.05) is 0 Å². The molecule has 0 spiro atoms. The summed E-state index contributed by atoms with van der Waals surface area (Å²) in [5.74, 6) is 0.105. The highest BCUT2D eigenvalue weighted by molar-refractivity contribution is 7.91. The quantitative estimate of drug-likeness (QED) is 0.737. The molecule has 2 heterocycles. The van der Waals surface area contributed by atoms with Gasteiger partial charge in [-0.05, 0) is 31.6 Å². The molecule has 2 N–H and O–H groups in total. The fourth-order valence-electron chi connectivity index (χ4n) is 3.14. The van der Waals surface area contributed by atoms with Gasteiger partial charge in [-0.25, -0.2) is 8.42 Å². The summed E-state index contributed by atoms with van der Waals surface area (Å²) in [5, 5.41) is 19.3. The lowest BCUT2D eigenvalue weighted by atomic mass is 9.72. The average Bonchev–Trinajstić information content (AvgIpc) is 2.95. The Kier molecular flexibility index (Phi) is 4.31. The van der Waals surface area contributed by atoms with Crippen LogP contribution in [0.4, 0.5) is 0 Å². The SMILES string of the molecule is O=S1(=O)CCC(C(CO)(CO)CC2CCCO2)C1. The van der Waals surface area contributed by atoms with Crippen molar-refractivity contribution in [3.63, 3.8) is 0 Å².